The second-order valence-corrected chi connectivity index (χ2v) is 6.70. The van der Waals surface area contributed by atoms with Gasteiger partial charge in [0, 0.05) is 6.92 Å². The Labute approximate surface area is 146 Å². The van der Waals surface area contributed by atoms with Gasteiger partial charge in [0.05, 0.1) is 4.53 Å². The smallest absolute Gasteiger partial charge is 0.308 e. The molecule has 3 rings (SSSR count). The van der Waals surface area contributed by atoms with E-state index >= 15 is 0 Å². The lowest BCUT2D eigenvalue weighted by Gasteiger charge is -2.10. The van der Waals surface area contributed by atoms with Crippen LogP contribution in [0.2, 0.25) is 0 Å². The van der Waals surface area contributed by atoms with Crippen molar-refractivity contribution in [1.82, 2.24) is 14.6 Å². The summed E-state index contributed by atoms with van der Waals surface area (Å²) in [5.74, 6) is 0.138. The third-order valence-corrected chi connectivity index (χ3v) is 4.53. The highest BCUT2D eigenvalue weighted by atomic mass is 32.1. The Kier molecular flexibility index (Phi) is 4.22. The van der Waals surface area contributed by atoms with Crippen LogP contribution in [0.4, 0.5) is 0 Å². The molecule has 0 atom stereocenters. The fourth-order valence-electron chi connectivity index (χ4n) is 2.51. The first-order valence-electron chi connectivity index (χ1n) is 7.48. The first kappa shape index (κ1) is 17.0. The monoisotopic (exact) mass is 357 g/mol. The summed E-state index contributed by atoms with van der Waals surface area (Å²) in [6, 6.07) is 3.65. The summed E-state index contributed by atoms with van der Waals surface area (Å²) in [6.07, 6.45) is 1.71. The van der Waals surface area contributed by atoms with Crippen molar-refractivity contribution in [2.45, 2.75) is 27.7 Å². The fourth-order valence-corrected chi connectivity index (χ4v) is 3.41. The van der Waals surface area contributed by atoms with Crippen LogP contribution in [-0.2, 0) is 4.79 Å². The molecule has 0 spiro atoms. The van der Waals surface area contributed by atoms with Crippen LogP contribution in [0.1, 0.15) is 29.3 Å². The van der Waals surface area contributed by atoms with Crippen LogP contribution >= 0.6 is 11.3 Å². The van der Waals surface area contributed by atoms with Crippen molar-refractivity contribution in [1.29, 1.82) is 0 Å². The topological polar surface area (TPSA) is 90.6 Å². The zero-order valence-corrected chi connectivity index (χ0v) is 14.9. The van der Waals surface area contributed by atoms with Crippen LogP contribution in [0.5, 0.6) is 5.75 Å². The predicted octanol–water partition coefficient (Wildman–Crippen LogP) is 0.909. The summed E-state index contributed by atoms with van der Waals surface area (Å²) in [5, 5.41) is 3.98. The number of carbonyl (C=O) groups is 1. The Morgan fingerprint density at radius 2 is 1.84 bits per heavy atom. The lowest BCUT2D eigenvalue weighted by molar-refractivity contribution is -0.131. The standard InChI is InChI=1S/C17H15N3O4S/c1-8-5-12(6-9(2)14(8)24-11(4)21)7-13-16(23)20-17(25-13)18-15(22)10(3)19-20/h5-7H,1-4H3/b13-7-. The summed E-state index contributed by atoms with van der Waals surface area (Å²) in [6.45, 7) is 6.53. The summed E-state index contributed by atoms with van der Waals surface area (Å²) >= 11 is 1.10. The first-order valence-corrected chi connectivity index (χ1v) is 8.30. The van der Waals surface area contributed by atoms with Gasteiger partial charge in [-0.25, -0.2) is 0 Å². The molecule has 7 nitrogen and oxygen atoms in total. The highest BCUT2D eigenvalue weighted by Gasteiger charge is 2.10. The fraction of sp³-hybridized carbons (Fsp3) is 0.235. The molecule has 0 aliphatic rings. The van der Waals surface area contributed by atoms with Crippen molar-refractivity contribution in [3.05, 3.63) is 59.8 Å². The largest absolute Gasteiger partial charge is 0.426 e. The van der Waals surface area contributed by atoms with Crippen molar-refractivity contribution >= 4 is 28.3 Å². The number of ether oxygens (including phenoxy) is 1. The maximum atomic E-state index is 12.4. The van der Waals surface area contributed by atoms with Crippen LogP contribution in [0.15, 0.2) is 21.7 Å². The zero-order valence-electron chi connectivity index (χ0n) is 14.1. The first-order chi connectivity index (χ1) is 11.8. The molecular weight excluding hydrogens is 342 g/mol. The van der Waals surface area contributed by atoms with E-state index in [0.29, 0.717) is 10.3 Å². The molecule has 0 aliphatic heterocycles. The number of rotatable bonds is 2. The molecule has 2 aromatic heterocycles. The third-order valence-electron chi connectivity index (χ3n) is 3.57. The molecule has 0 amide bonds. The number of fused-ring (bicyclic) bond motifs is 1. The Balaban J connectivity index is 2.17. The minimum absolute atomic E-state index is 0.177. The summed E-state index contributed by atoms with van der Waals surface area (Å²) in [4.78, 5) is 39.3. The number of thiazole rings is 1. The maximum absolute atomic E-state index is 12.4. The predicted molar refractivity (Wildman–Crippen MR) is 94.2 cm³/mol. The molecule has 1 aromatic carbocycles. The molecule has 128 valence electrons. The van der Waals surface area contributed by atoms with Crippen molar-refractivity contribution in [3.63, 3.8) is 0 Å². The quantitative estimate of drug-likeness (QED) is 0.500. The van der Waals surface area contributed by atoms with Gasteiger partial charge in [0.15, 0.2) is 0 Å². The van der Waals surface area contributed by atoms with Crippen molar-refractivity contribution in [2.24, 2.45) is 0 Å². The van der Waals surface area contributed by atoms with Gasteiger partial charge in [0.1, 0.15) is 11.4 Å². The number of aryl methyl sites for hydroxylation is 3. The summed E-state index contributed by atoms with van der Waals surface area (Å²) < 4.78 is 6.77. The number of aromatic nitrogens is 3. The minimum atomic E-state index is -0.440. The van der Waals surface area contributed by atoms with E-state index in [0.717, 1.165) is 32.5 Å². The van der Waals surface area contributed by atoms with Crippen LogP contribution in [0.3, 0.4) is 0 Å². The Morgan fingerprint density at radius 3 is 2.44 bits per heavy atom. The van der Waals surface area contributed by atoms with Crippen molar-refractivity contribution < 1.29 is 9.53 Å². The van der Waals surface area contributed by atoms with Crippen molar-refractivity contribution in [3.8, 4) is 5.75 Å². The summed E-state index contributed by atoms with van der Waals surface area (Å²) in [7, 11) is 0. The van der Waals surface area contributed by atoms with Gasteiger partial charge in [-0.2, -0.15) is 14.6 Å². The molecule has 0 fully saturated rings. The van der Waals surface area contributed by atoms with Gasteiger partial charge >= 0.3 is 5.97 Å². The van der Waals surface area contributed by atoms with Gasteiger partial charge in [-0.05, 0) is 55.7 Å². The normalized spacial score (nSPS) is 11.9. The number of hydrogen-bond donors (Lipinski definition) is 0. The van der Waals surface area contributed by atoms with E-state index in [1.807, 2.05) is 26.0 Å². The molecule has 2 heterocycles. The highest BCUT2D eigenvalue weighted by molar-refractivity contribution is 7.15. The molecular formula is C17H15N3O4S. The van der Waals surface area contributed by atoms with Crippen LogP contribution in [0, 0.1) is 20.8 Å². The molecule has 0 saturated heterocycles. The van der Waals surface area contributed by atoms with Crippen LogP contribution < -0.4 is 20.4 Å². The van der Waals surface area contributed by atoms with E-state index in [4.69, 9.17) is 4.74 Å². The molecule has 8 heteroatoms. The molecule has 0 saturated carbocycles. The van der Waals surface area contributed by atoms with Gasteiger partial charge in [-0.3, -0.25) is 14.4 Å². The number of hydrogen-bond acceptors (Lipinski definition) is 7. The second-order valence-electron chi connectivity index (χ2n) is 5.69. The van der Waals surface area contributed by atoms with Gasteiger partial charge in [-0.15, -0.1) is 0 Å². The number of nitrogens with zero attached hydrogens (tertiary/aromatic N) is 3. The lowest BCUT2D eigenvalue weighted by atomic mass is 10.1. The number of esters is 1. The van der Waals surface area contributed by atoms with E-state index in [9.17, 15) is 14.4 Å². The van der Waals surface area contributed by atoms with E-state index in [-0.39, 0.29) is 22.2 Å². The molecule has 0 radical (unpaired) electrons. The average molecular weight is 357 g/mol. The zero-order chi connectivity index (χ0) is 18.3. The Bertz CT molecular complexity index is 1150. The highest BCUT2D eigenvalue weighted by Crippen LogP contribution is 2.25. The third kappa shape index (κ3) is 3.20. The molecule has 3 aromatic rings. The Morgan fingerprint density at radius 1 is 1.20 bits per heavy atom. The molecule has 0 unspecified atom stereocenters. The lowest BCUT2D eigenvalue weighted by Crippen LogP contribution is -2.27. The van der Waals surface area contributed by atoms with Crippen LogP contribution in [0.25, 0.3) is 11.0 Å². The van der Waals surface area contributed by atoms with Crippen molar-refractivity contribution in [2.75, 3.05) is 0 Å². The Hall–Kier alpha value is -2.87. The SMILES string of the molecule is CC(=O)Oc1c(C)cc(/C=c2\sc3nc(=O)c(C)nn3c2=O)cc1C. The van der Waals surface area contributed by atoms with Gasteiger partial charge in [-0.1, -0.05) is 11.3 Å². The van der Waals surface area contributed by atoms with E-state index in [2.05, 4.69) is 10.1 Å². The average Bonchev–Trinajstić information content (AvgIpc) is 2.80. The molecule has 0 bridgehead atoms. The maximum Gasteiger partial charge on any atom is 0.308 e. The van der Waals surface area contributed by atoms with Gasteiger partial charge in [0.2, 0.25) is 4.96 Å². The minimum Gasteiger partial charge on any atom is -0.426 e. The van der Waals surface area contributed by atoms with E-state index in [1.165, 1.54) is 13.8 Å². The van der Waals surface area contributed by atoms with Gasteiger partial charge < -0.3 is 4.74 Å². The summed E-state index contributed by atoms with van der Waals surface area (Å²) in [5.41, 5.74) is 1.78. The van der Waals surface area contributed by atoms with E-state index < -0.39 is 5.56 Å². The second kappa shape index (κ2) is 6.21. The molecule has 0 N–H and O–H groups in total. The van der Waals surface area contributed by atoms with E-state index in [1.54, 1.807) is 6.08 Å². The molecule has 0 aliphatic carbocycles. The molecule has 25 heavy (non-hydrogen) atoms. The van der Waals surface area contributed by atoms with Crippen LogP contribution in [-0.4, -0.2) is 20.6 Å². The van der Waals surface area contributed by atoms with Gasteiger partial charge in [0.25, 0.3) is 11.1 Å². The number of benzene rings is 1. The number of carbonyl (C=O) groups excluding carboxylic acids is 1.